The van der Waals surface area contributed by atoms with Crippen LogP contribution < -0.4 is 10.6 Å². The molecule has 2 N–H and O–H groups in total. The number of halogens is 1. The van der Waals surface area contributed by atoms with Gasteiger partial charge in [0.25, 0.3) is 0 Å². The number of hydrogen-bond donors (Lipinski definition) is 1. The molecule has 0 radical (unpaired) electrons. The van der Waals surface area contributed by atoms with Crippen molar-refractivity contribution < 1.29 is 13.9 Å². The number of ether oxygens (including phenoxy) is 1. The Balaban J connectivity index is 2.33. The number of methoxy groups -OCH3 is 1. The molecular weight excluding hydrogens is 259 g/mol. The summed E-state index contributed by atoms with van der Waals surface area (Å²) >= 11 is 0. The number of hydrogen-bond acceptors (Lipinski definition) is 4. The maximum absolute atomic E-state index is 14.1. The van der Waals surface area contributed by atoms with E-state index in [0.29, 0.717) is 11.6 Å². The molecule has 110 valence electrons. The minimum absolute atomic E-state index is 0.113. The number of carbonyl (C=O) groups excluding carboxylic acids is 1. The van der Waals surface area contributed by atoms with Crippen LogP contribution in [0.1, 0.15) is 36.5 Å². The second kappa shape index (κ2) is 6.11. The molecule has 1 fully saturated rings. The van der Waals surface area contributed by atoms with Crippen molar-refractivity contribution in [2.24, 2.45) is 5.92 Å². The van der Waals surface area contributed by atoms with Gasteiger partial charge >= 0.3 is 5.97 Å². The molecule has 20 heavy (non-hydrogen) atoms. The zero-order valence-electron chi connectivity index (χ0n) is 12.0. The maximum atomic E-state index is 14.1. The topological polar surface area (TPSA) is 55.6 Å². The van der Waals surface area contributed by atoms with Crippen molar-refractivity contribution in [2.45, 2.75) is 26.2 Å². The summed E-state index contributed by atoms with van der Waals surface area (Å²) < 4.78 is 18.8. The number of carbonyl (C=O) groups is 1. The molecule has 5 heteroatoms. The summed E-state index contributed by atoms with van der Waals surface area (Å²) in [6.45, 7) is 3.77. The van der Waals surface area contributed by atoms with E-state index < -0.39 is 5.97 Å². The number of anilines is 2. The molecule has 4 nitrogen and oxygen atoms in total. The van der Waals surface area contributed by atoms with Crippen molar-refractivity contribution in [1.29, 1.82) is 0 Å². The van der Waals surface area contributed by atoms with Crippen molar-refractivity contribution >= 4 is 17.3 Å². The number of benzene rings is 1. The van der Waals surface area contributed by atoms with Crippen molar-refractivity contribution in [3.63, 3.8) is 0 Å². The third-order valence-electron chi connectivity index (χ3n) is 3.96. The highest BCUT2D eigenvalue weighted by Crippen LogP contribution is 2.30. The van der Waals surface area contributed by atoms with Gasteiger partial charge in [0.1, 0.15) is 5.82 Å². The third kappa shape index (κ3) is 2.86. The zero-order valence-corrected chi connectivity index (χ0v) is 12.0. The molecular formula is C15H21FN2O2. The molecule has 0 amide bonds. The lowest BCUT2D eigenvalue weighted by molar-refractivity contribution is 0.0602. The van der Waals surface area contributed by atoms with Gasteiger partial charge in [-0.2, -0.15) is 0 Å². The van der Waals surface area contributed by atoms with E-state index in [0.717, 1.165) is 25.9 Å². The second-order valence-corrected chi connectivity index (χ2v) is 5.24. The molecule has 1 unspecified atom stereocenters. The standard InChI is InChI=1S/C15H21FN2O2/c1-3-10-5-4-6-18(9-10)14-7-11(15(19)20-2)13(17)8-12(14)16/h7-8,10H,3-6,9,17H2,1-2H3. The number of rotatable bonds is 3. The van der Waals surface area contributed by atoms with Crippen molar-refractivity contribution in [2.75, 3.05) is 30.8 Å². The van der Waals surface area contributed by atoms with Gasteiger partial charge in [-0.05, 0) is 30.9 Å². The molecule has 1 atom stereocenters. The molecule has 0 bridgehead atoms. The lowest BCUT2D eigenvalue weighted by Crippen LogP contribution is -2.35. The first-order valence-electron chi connectivity index (χ1n) is 6.99. The molecule has 0 aromatic heterocycles. The Morgan fingerprint density at radius 1 is 1.55 bits per heavy atom. The average Bonchev–Trinajstić information content (AvgIpc) is 2.46. The van der Waals surface area contributed by atoms with E-state index in [1.165, 1.54) is 25.7 Å². The maximum Gasteiger partial charge on any atom is 0.340 e. The summed E-state index contributed by atoms with van der Waals surface area (Å²) in [5.41, 5.74) is 6.47. The van der Waals surface area contributed by atoms with Gasteiger partial charge in [-0.25, -0.2) is 9.18 Å². The van der Waals surface area contributed by atoms with Gasteiger partial charge < -0.3 is 15.4 Å². The minimum atomic E-state index is -0.534. The minimum Gasteiger partial charge on any atom is -0.465 e. The number of nitrogen functional groups attached to an aromatic ring is 1. The van der Waals surface area contributed by atoms with Crippen molar-refractivity contribution in [3.05, 3.63) is 23.5 Å². The fraction of sp³-hybridized carbons (Fsp3) is 0.533. The fourth-order valence-electron chi connectivity index (χ4n) is 2.72. The number of nitrogens with two attached hydrogens (primary N) is 1. The normalized spacial score (nSPS) is 18.9. The van der Waals surface area contributed by atoms with Crippen LogP contribution in [0.15, 0.2) is 12.1 Å². The van der Waals surface area contributed by atoms with Crippen LogP contribution in [0.3, 0.4) is 0 Å². The Bertz CT molecular complexity index is 505. The highest BCUT2D eigenvalue weighted by molar-refractivity contribution is 5.96. The van der Waals surface area contributed by atoms with E-state index in [9.17, 15) is 9.18 Å². The van der Waals surface area contributed by atoms with Crippen LogP contribution >= 0.6 is 0 Å². The first-order chi connectivity index (χ1) is 9.56. The Morgan fingerprint density at radius 3 is 2.95 bits per heavy atom. The third-order valence-corrected chi connectivity index (χ3v) is 3.96. The van der Waals surface area contributed by atoms with Gasteiger partial charge in [0.05, 0.1) is 18.4 Å². The molecule has 0 saturated carbocycles. The molecule has 2 rings (SSSR count). The quantitative estimate of drug-likeness (QED) is 0.683. The molecule has 1 aromatic carbocycles. The summed E-state index contributed by atoms with van der Waals surface area (Å²) in [5.74, 6) is -0.345. The van der Waals surface area contributed by atoms with Crippen LogP contribution in [0.4, 0.5) is 15.8 Å². The molecule has 1 heterocycles. The van der Waals surface area contributed by atoms with Crippen molar-refractivity contribution in [3.8, 4) is 0 Å². The summed E-state index contributed by atoms with van der Waals surface area (Å²) in [6, 6.07) is 2.71. The van der Waals surface area contributed by atoms with E-state index >= 15 is 0 Å². The molecule has 1 saturated heterocycles. The van der Waals surface area contributed by atoms with Gasteiger partial charge in [0.15, 0.2) is 0 Å². The predicted octanol–water partition coefficient (Wildman–Crippen LogP) is 2.82. The number of piperidine rings is 1. The van der Waals surface area contributed by atoms with E-state index in [1.807, 2.05) is 4.90 Å². The Morgan fingerprint density at radius 2 is 2.30 bits per heavy atom. The molecule has 1 aliphatic heterocycles. The monoisotopic (exact) mass is 280 g/mol. The lowest BCUT2D eigenvalue weighted by Gasteiger charge is -2.34. The molecule has 0 aliphatic carbocycles. The Hall–Kier alpha value is -1.78. The zero-order chi connectivity index (χ0) is 14.7. The smallest absolute Gasteiger partial charge is 0.340 e. The van der Waals surface area contributed by atoms with E-state index in [2.05, 4.69) is 11.7 Å². The van der Waals surface area contributed by atoms with Crippen LogP contribution in [-0.4, -0.2) is 26.2 Å². The van der Waals surface area contributed by atoms with Crippen LogP contribution in [0.2, 0.25) is 0 Å². The van der Waals surface area contributed by atoms with Crippen LogP contribution in [-0.2, 0) is 4.74 Å². The van der Waals surface area contributed by atoms with Gasteiger partial charge in [0, 0.05) is 18.8 Å². The predicted molar refractivity (Wildman–Crippen MR) is 77.4 cm³/mol. The van der Waals surface area contributed by atoms with Crippen LogP contribution in [0, 0.1) is 11.7 Å². The largest absolute Gasteiger partial charge is 0.465 e. The molecule has 1 aromatic rings. The summed E-state index contributed by atoms with van der Waals surface area (Å²) in [7, 11) is 1.29. The Labute approximate surface area is 118 Å². The number of esters is 1. The van der Waals surface area contributed by atoms with Crippen molar-refractivity contribution in [1.82, 2.24) is 0 Å². The first kappa shape index (κ1) is 14.6. The first-order valence-corrected chi connectivity index (χ1v) is 6.99. The van der Waals surface area contributed by atoms with Gasteiger partial charge in [-0.1, -0.05) is 13.3 Å². The van der Waals surface area contributed by atoms with E-state index in [-0.39, 0.29) is 17.1 Å². The molecule has 0 spiro atoms. The summed E-state index contributed by atoms with van der Waals surface area (Å²) in [6.07, 6.45) is 3.29. The van der Waals surface area contributed by atoms with Crippen LogP contribution in [0.25, 0.3) is 0 Å². The van der Waals surface area contributed by atoms with E-state index in [1.54, 1.807) is 0 Å². The lowest BCUT2D eigenvalue weighted by atomic mass is 9.95. The number of nitrogens with zero attached hydrogens (tertiary/aromatic N) is 1. The second-order valence-electron chi connectivity index (χ2n) is 5.24. The van der Waals surface area contributed by atoms with E-state index in [4.69, 9.17) is 5.73 Å². The highest BCUT2D eigenvalue weighted by atomic mass is 19.1. The van der Waals surface area contributed by atoms with Gasteiger partial charge in [-0.3, -0.25) is 0 Å². The van der Waals surface area contributed by atoms with Crippen LogP contribution in [0.5, 0.6) is 0 Å². The van der Waals surface area contributed by atoms with Gasteiger partial charge in [0.2, 0.25) is 0 Å². The SMILES string of the molecule is CCC1CCCN(c2cc(C(=O)OC)c(N)cc2F)C1. The van der Waals surface area contributed by atoms with Gasteiger partial charge in [-0.15, -0.1) is 0 Å². The average molecular weight is 280 g/mol. The highest BCUT2D eigenvalue weighted by Gasteiger charge is 2.23. The Kier molecular flexibility index (Phi) is 4.47. The molecule has 1 aliphatic rings. The summed E-state index contributed by atoms with van der Waals surface area (Å²) in [4.78, 5) is 13.7. The fourth-order valence-corrected chi connectivity index (χ4v) is 2.72. The summed E-state index contributed by atoms with van der Waals surface area (Å²) in [5, 5.41) is 0.